The van der Waals surface area contributed by atoms with Crippen molar-refractivity contribution in [1.29, 1.82) is 0 Å². The predicted molar refractivity (Wildman–Crippen MR) is 64.8 cm³/mol. The molecule has 0 saturated heterocycles. The number of hydrogen-bond acceptors (Lipinski definition) is 4. The fourth-order valence-electron chi connectivity index (χ4n) is 0.897. The second kappa shape index (κ2) is 8.29. The third kappa shape index (κ3) is 4.64. The smallest absolute Gasteiger partial charge is 0.102 e. The molecule has 0 fully saturated rings. The molecule has 0 spiro atoms. The summed E-state index contributed by atoms with van der Waals surface area (Å²) in [6.45, 7) is 5.44. The highest BCUT2D eigenvalue weighted by Gasteiger charge is 2.01. The van der Waals surface area contributed by atoms with E-state index < -0.39 is 0 Å². The zero-order valence-corrected chi connectivity index (χ0v) is 9.36. The molecule has 78 valence electrons. The molecule has 0 radical (unpaired) electrons. The molecule has 0 bridgehead atoms. The molecule has 0 unspecified atom stereocenters. The highest BCUT2D eigenvalue weighted by Crippen LogP contribution is 1.83. The second-order valence-corrected chi connectivity index (χ2v) is 2.48. The van der Waals surface area contributed by atoms with Crippen molar-refractivity contribution in [1.82, 2.24) is 0 Å². The van der Waals surface area contributed by atoms with Crippen LogP contribution < -0.4 is 0 Å². The highest BCUT2D eigenvalue weighted by molar-refractivity contribution is 6.75. The molecule has 0 aliphatic heterocycles. The van der Waals surface area contributed by atoms with Gasteiger partial charge in [-0.2, -0.15) is 0 Å². The van der Waals surface area contributed by atoms with Crippen molar-refractivity contribution in [2.75, 3.05) is 27.2 Å². The predicted octanol–water partition coefficient (Wildman–Crippen LogP) is 1.31. The lowest BCUT2D eigenvalue weighted by Gasteiger charge is -1.98. The number of rotatable bonds is 5. The summed E-state index contributed by atoms with van der Waals surface area (Å²) in [7, 11) is 3.44. The summed E-state index contributed by atoms with van der Waals surface area (Å²) in [5.74, 6) is 0. The van der Waals surface area contributed by atoms with E-state index in [1.807, 2.05) is 13.8 Å². The number of hydrogen-bond donors (Lipinski definition) is 0. The average molecular weight is 194 g/mol. The van der Waals surface area contributed by atoms with Crippen molar-refractivity contribution < 1.29 is 0 Å². The maximum Gasteiger partial charge on any atom is 0.102 e. The van der Waals surface area contributed by atoms with Crippen LogP contribution in [0.1, 0.15) is 13.8 Å². The molecule has 0 amide bonds. The summed E-state index contributed by atoms with van der Waals surface area (Å²) in [6.07, 6.45) is 3.43. The lowest BCUT2D eigenvalue weighted by atomic mass is 10.2. The van der Waals surface area contributed by atoms with Crippen molar-refractivity contribution >= 4 is 23.9 Å². The van der Waals surface area contributed by atoms with Gasteiger partial charge in [0, 0.05) is 39.6 Å². The van der Waals surface area contributed by atoms with Gasteiger partial charge in [-0.05, 0) is 13.8 Å². The number of aliphatic imine (C=N–C) groups is 4. The van der Waals surface area contributed by atoms with Gasteiger partial charge in [-0.25, -0.2) is 0 Å². The average Bonchev–Trinajstić information content (AvgIpc) is 2.21. The molecule has 0 aromatic rings. The van der Waals surface area contributed by atoms with Crippen LogP contribution >= 0.6 is 0 Å². The maximum atomic E-state index is 4.30. The van der Waals surface area contributed by atoms with Crippen molar-refractivity contribution in [3.63, 3.8) is 0 Å². The summed E-state index contributed by atoms with van der Waals surface area (Å²) in [5, 5.41) is 0. The fourth-order valence-corrected chi connectivity index (χ4v) is 0.897. The second-order valence-electron chi connectivity index (χ2n) is 2.48. The zero-order chi connectivity index (χ0) is 10.8. The lowest BCUT2D eigenvalue weighted by molar-refractivity contribution is 1.13. The van der Waals surface area contributed by atoms with Crippen LogP contribution in [0.25, 0.3) is 0 Å². The first-order chi connectivity index (χ1) is 6.79. The largest absolute Gasteiger partial charge is 0.294 e. The lowest BCUT2D eigenvalue weighted by Crippen LogP contribution is -2.18. The molecule has 0 aromatic heterocycles. The minimum Gasteiger partial charge on any atom is -0.294 e. The fraction of sp³-hybridized carbons (Fsp3) is 0.600. The summed E-state index contributed by atoms with van der Waals surface area (Å²) in [5.41, 5.74) is 1.56. The molecule has 0 saturated carbocycles. The molecule has 0 N–H and O–H groups in total. The molecule has 0 aliphatic rings. The van der Waals surface area contributed by atoms with E-state index in [1.165, 1.54) is 0 Å². The first-order valence-corrected chi connectivity index (χ1v) is 4.73. The Bertz CT molecular complexity index is 261. The Balaban J connectivity index is 4.80. The van der Waals surface area contributed by atoms with Crippen LogP contribution in [0.3, 0.4) is 0 Å². The summed E-state index contributed by atoms with van der Waals surface area (Å²) < 4.78 is 0. The topological polar surface area (TPSA) is 49.4 Å². The van der Waals surface area contributed by atoms with Gasteiger partial charge < -0.3 is 0 Å². The first-order valence-electron chi connectivity index (χ1n) is 4.73. The van der Waals surface area contributed by atoms with Gasteiger partial charge in [0.1, 0.15) is 11.4 Å². The molecule has 0 atom stereocenters. The van der Waals surface area contributed by atoms with E-state index in [9.17, 15) is 0 Å². The van der Waals surface area contributed by atoms with Crippen LogP contribution in [-0.4, -0.2) is 51.0 Å². The van der Waals surface area contributed by atoms with Gasteiger partial charge in [-0.3, -0.25) is 20.0 Å². The minimum atomic E-state index is 0.724. The quantitative estimate of drug-likeness (QED) is 0.592. The molecular formula is C10H18N4. The van der Waals surface area contributed by atoms with Gasteiger partial charge in [0.05, 0.1) is 0 Å². The normalized spacial score (nSPS) is 14.6. The molecule has 0 rings (SSSR count). The standard InChI is InChI=1S/C10H18N4/c1-5-13-8-10(14-6-2)9(12-4)7-11-3/h7-8H,5-6H2,1-4H3. The van der Waals surface area contributed by atoms with E-state index >= 15 is 0 Å². The Labute approximate surface area is 85.6 Å². The molecule has 0 heterocycles. The molecule has 14 heavy (non-hydrogen) atoms. The maximum absolute atomic E-state index is 4.30. The van der Waals surface area contributed by atoms with Crippen LogP contribution in [0.5, 0.6) is 0 Å². The number of nitrogens with zero attached hydrogens (tertiary/aromatic N) is 4. The van der Waals surface area contributed by atoms with Crippen LogP contribution in [0.4, 0.5) is 0 Å². The van der Waals surface area contributed by atoms with E-state index in [1.54, 1.807) is 26.5 Å². The van der Waals surface area contributed by atoms with Crippen molar-refractivity contribution in [2.45, 2.75) is 13.8 Å². The Morgan fingerprint density at radius 2 is 1.71 bits per heavy atom. The van der Waals surface area contributed by atoms with Gasteiger partial charge in [0.2, 0.25) is 0 Å². The van der Waals surface area contributed by atoms with Gasteiger partial charge in [-0.1, -0.05) is 0 Å². The molecule has 4 heteroatoms. The van der Waals surface area contributed by atoms with E-state index in [0.717, 1.165) is 24.5 Å². The third-order valence-electron chi connectivity index (χ3n) is 1.48. The van der Waals surface area contributed by atoms with Crippen LogP contribution in [0, 0.1) is 0 Å². The minimum absolute atomic E-state index is 0.724. The molecular weight excluding hydrogens is 176 g/mol. The Morgan fingerprint density at radius 1 is 1.00 bits per heavy atom. The van der Waals surface area contributed by atoms with Crippen LogP contribution in [0.2, 0.25) is 0 Å². The first kappa shape index (κ1) is 12.7. The van der Waals surface area contributed by atoms with Gasteiger partial charge >= 0.3 is 0 Å². The van der Waals surface area contributed by atoms with E-state index in [4.69, 9.17) is 0 Å². The van der Waals surface area contributed by atoms with Gasteiger partial charge in [0.15, 0.2) is 0 Å². The Morgan fingerprint density at radius 3 is 2.14 bits per heavy atom. The van der Waals surface area contributed by atoms with Gasteiger partial charge in [0.25, 0.3) is 0 Å². The zero-order valence-electron chi connectivity index (χ0n) is 9.36. The van der Waals surface area contributed by atoms with Crippen molar-refractivity contribution in [2.24, 2.45) is 20.0 Å². The summed E-state index contributed by atoms with van der Waals surface area (Å²) in [4.78, 5) is 16.5. The van der Waals surface area contributed by atoms with Gasteiger partial charge in [-0.15, -0.1) is 0 Å². The van der Waals surface area contributed by atoms with Crippen molar-refractivity contribution in [3.8, 4) is 0 Å². The van der Waals surface area contributed by atoms with Crippen molar-refractivity contribution in [3.05, 3.63) is 0 Å². The van der Waals surface area contributed by atoms with E-state index in [2.05, 4.69) is 20.0 Å². The van der Waals surface area contributed by atoms with Crippen LogP contribution in [-0.2, 0) is 0 Å². The monoisotopic (exact) mass is 194 g/mol. The van der Waals surface area contributed by atoms with E-state index in [0.29, 0.717) is 0 Å². The molecule has 0 aromatic carbocycles. The third-order valence-corrected chi connectivity index (χ3v) is 1.48. The SMILES string of the molecule is CCN=CC(=NCC)C(C=NC)=NC. The van der Waals surface area contributed by atoms with E-state index in [-0.39, 0.29) is 0 Å². The summed E-state index contributed by atoms with van der Waals surface area (Å²) >= 11 is 0. The van der Waals surface area contributed by atoms with Crippen LogP contribution in [0.15, 0.2) is 20.0 Å². The Hall–Kier alpha value is -1.32. The Kier molecular flexibility index (Phi) is 7.50. The molecule has 4 nitrogen and oxygen atoms in total. The summed E-state index contributed by atoms with van der Waals surface area (Å²) in [6, 6.07) is 0. The molecule has 0 aliphatic carbocycles. The highest BCUT2D eigenvalue weighted by atomic mass is 14.8.